The molecule has 0 bridgehead atoms. The molecule has 0 radical (unpaired) electrons. The molecule has 0 N–H and O–H groups in total. The van der Waals surface area contributed by atoms with Crippen molar-refractivity contribution < 1.29 is 0 Å². The molecule has 0 saturated carbocycles. The molecule has 0 aromatic heterocycles. The van der Waals surface area contributed by atoms with Gasteiger partial charge in [-0.25, -0.2) is 0 Å². The number of fused-ring (bicyclic) bond motifs is 1. The van der Waals surface area contributed by atoms with Gasteiger partial charge in [0.1, 0.15) is 0 Å². The van der Waals surface area contributed by atoms with Crippen LogP contribution in [-0.4, -0.2) is 0 Å². The maximum atomic E-state index is 3.87. The highest BCUT2D eigenvalue weighted by Gasteiger charge is 2.16. The molecule has 2 aromatic rings. The second kappa shape index (κ2) is 5.97. The van der Waals surface area contributed by atoms with Crippen molar-refractivity contribution in [2.24, 2.45) is 5.41 Å². The average molecular weight is 384 g/mol. The van der Waals surface area contributed by atoms with Crippen LogP contribution in [0.1, 0.15) is 44.0 Å². The molecule has 0 aliphatic heterocycles. The summed E-state index contributed by atoms with van der Waals surface area (Å²) in [5.74, 6) is 0. The first-order valence-corrected chi connectivity index (χ1v) is 8.40. The van der Waals surface area contributed by atoms with E-state index in [4.69, 9.17) is 0 Å². The van der Waals surface area contributed by atoms with Crippen LogP contribution in [0.25, 0.3) is 10.8 Å². The largest absolute Gasteiger partial charge is 0.0839 e. The van der Waals surface area contributed by atoms with Crippen molar-refractivity contribution in [1.82, 2.24) is 0 Å². The molecule has 19 heavy (non-hydrogen) atoms. The minimum Gasteiger partial charge on any atom is -0.0839 e. The first kappa shape index (κ1) is 15.1. The molecule has 0 aliphatic carbocycles. The molecule has 0 spiro atoms. The van der Waals surface area contributed by atoms with E-state index in [2.05, 4.69) is 89.0 Å². The summed E-state index contributed by atoms with van der Waals surface area (Å²) in [7, 11) is 0. The Morgan fingerprint density at radius 3 is 2.26 bits per heavy atom. The SMILES string of the molecule is CC(C)(C)CCC(Br)c1ccc(Br)c2ccccc12. The first-order valence-electron chi connectivity index (χ1n) is 6.70. The van der Waals surface area contributed by atoms with Crippen LogP contribution in [0.5, 0.6) is 0 Å². The van der Waals surface area contributed by atoms with Crippen LogP contribution in [0, 0.1) is 5.41 Å². The summed E-state index contributed by atoms with van der Waals surface area (Å²) in [6.45, 7) is 6.89. The number of benzene rings is 2. The molecular formula is C17H20Br2. The van der Waals surface area contributed by atoms with Gasteiger partial charge in [-0.2, -0.15) is 0 Å². The molecule has 0 saturated heterocycles. The lowest BCUT2D eigenvalue weighted by molar-refractivity contribution is 0.365. The Morgan fingerprint density at radius 1 is 1.00 bits per heavy atom. The minimum absolute atomic E-state index is 0.386. The van der Waals surface area contributed by atoms with Crippen LogP contribution in [0.2, 0.25) is 0 Å². The fraction of sp³-hybridized carbons (Fsp3) is 0.412. The van der Waals surface area contributed by atoms with Crippen LogP contribution < -0.4 is 0 Å². The van der Waals surface area contributed by atoms with E-state index in [1.807, 2.05) is 0 Å². The lowest BCUT2D eigenvalue weighted by Gasteiger charge is -2.21. The summed E-state index contributed by atoms with van der Waals surface area (Å²) in [6, 6.07) is 13.0. The van der Waals surface area contributed by atoms with Crippen molar-refractivity contribution in [2.45, 2.75) is 38.4 Å². The van der Waals surface area contributed by atoms with Gasteiger partial charge in [0.15, 0.2) is 0 Å². The molecule has 2 rings (SSSR count). The van der Waals surface area contributed by atoms with Gasteiger partial charge < -0.3 is 0 Å². The summed E-state index contributed by atoms with van der Waals surface area (Å²) in [6.07, 6.45) is 2.38. The van der Waals surface area contributed by atoms with Crippen LogP contribution in [0.15, 0.2) is 40.9 Å². The van der Waals surface area contributed by atoms with E-state index in [0.29, 0.717) is 10.2 Å². The van der Waals surface area contributed by atoms with Crippen molar-refractivity contribution in [3.05, 3.63) is 46.4 Å². The topological polar surface area (TPSA) is 0 Å². The van der Waals surface area contributed by atoms with Crippen LogP contribution in [0.4, 0.5) is 0 Å². The zero-order valence-electron chi connectivity index (χ0n) is 11.7. The molecule has 0 aliphatic rings. The maximum Gasteiger partial charge on any atom is 0.0401 e. The van der Waals surface area contributed by atoms with Gasteiger partial charge in [0.05, 0.1) is 0 Å². The van der Waals surface area contributed by atoms with E-state index < -0.39 is 0 Å². The average Bonchev–Trinajstić information content (AvgIpc) is 2.36. The smallest absolute Gasteiger partial charge is 0.0401 e. The number of hydrogen-bond donors (Lipinski definition) is 0. The Morgan fingerprint density at radius 2 is 1.63 bits per heavy atom. The van der Waals surface area contributed by atoms with E-state index in [0.717, 1.165) is 6.42 Å². The standard InChI is InChI=1S/C17H20Br2/c1-17(2,3)11-10-16(19)14-8-9-15(18)13-7-5-4-6-12(13)14/h4-9,16H,10-11H2,1-3H3. The van der Waals surface area contributed by atoms with Crippen LogP contribution in [0.3, 0.4) is 0 Å². The third-order valence-corrected chi connectivity index (χ3v) is 5.03. The zero-order valence-corrected chi connectivity index (χ0v) is 14.9. The highest BCUT2D eigenvalue weighted by atomic mass is 79.9. The molecular weight excluding hydrogens is 364 g/mol. The predicted octanol–water partition coefficient (Wildman–Crippen LogP) is 6.86. The van der Waals surface area contributed by atoms with Gasteiger partial charge in [-0.1, -0.05) is 83.0 Å². The summed E-state index contributed by atoms with van der Waals surface area (Å²) in [5, 5.41) is 2.63. The van der Waals surface area contributed by atoms with Crippen LogP contribution >= 0.6 is 31.9 Å². The lowest BCUT2D eigenvalue weighted by atomic mass is 9.88. The Balaban J connectivity index is 2.32. The van der Waals surface area contributed by atoms with Crippen molar-refractivity contribution in [1.29, 1.82) is 0 Å². The third-order valence-electron chi connectivity index (χ3n) is 3.39. The molecule has 0 heterocycles. The van der Waals surface area contributed by atoms with Crippen molar-refractivity contribution >= 4 is 42.6 Å². The second-order valence-electron chi connectivity index (χ2n) is 6.25. The zero-order chi connectivity index (χ0) is 14.0. The second-order valence-corrected chi connectivity index (χ2v) is 8.21. The third kappa shape index (κ3) is 3.82. The Hall–Kier alpha value is -0.340. The predicted molar refractivity (Wildman–Crippen MR) is 92.0 cm³/mol. The number of halogens is 2. The van der Waals surface area contributed by atoms with E-state index in [1.54, 1.807) is 0 Å². The molecule has 0 amide bonds. The highest BCUT2D eigenvalue weighted by molar-refractivity contribution is 9.10. The molecule has 0 fully saturated rings. The molecule has 1 unspecified atom stereocenters. The van der Waals surface area contributed by atoms with Gasteiger partial charge in [-0.05, 0) is 40.7 Å². The molecule has 1 atom stereocenters. The van der Waals surface area contributed by atoms with E-state index >= 15 is 0 Å². The van der Waals surface area contributed by atoms with E-state index in [9.17, 15) is 0 Å². The fourth-order valence-corrected chi connectivity index (χ4v) is 3.38. The number of alkyl halides is 1. The maximum absolute atomic E-state index is 3.87. The van der Waals surface area contributed by atoms with Gasteiger partial charge in [0.2, 0.25) is 0 Å². The van der Waals surface area contributed by atoms with Gasteiger partial charge in [0.25, 0.3) is 0 Å². The molecule has 2 aromatic carbocycles. The Kier molecular flexibility index (Phi) is 4.73. The summed E-state index contributed by atoms with van der Waals surface area (Å²) < 4.78 is 1.17. The van der Waals surface area contributed by atoms with E-state index in [-0.39, 0.29) is 0 Å². The van der Waals surface area contributed by atoms with Crippen molar-refractivity contribution in [2.75, 3.05) is 0 Å². The van der Waals surface area contributed by atoms with Gasteiger partial charge >= 0.3 is 0 Å². The van der Waals surface area contributed by atoms with Gasteiger partial charge in [-0.15, -0.1) is 0 Å². The number of hydrogen-bond acceptors (Lipinski definition) is 0. The van der Waals surface area contributed by atoms with Gasteiger partial charge in [0, 0.05) is 9.30 Å². The summed E-state index contributed by atoms with van der Waals surface area (Å²) in [5.41, 5.74) is 1.78. The van der Waals surface area contributed by atoms with Crippen LogP contribution in [-0.2, 0) is 0 Å². The fourth-order valence-electron chi connectivity index (χ4n) is 2.27. The Labute approximate surface area is 132 Å². The lowest BCUT2D eigenvalue weighted by Crippen LogP contribution is -2.06. The first-order chi connectivity index (χ1) is 8.88. The molecule has 2 heteroatoms. The van der Waals surface area contributed by atoms with Gasteiger partial charge in [-0.3, -0.25) is 0 Å². The molecule has 102 valence electrons. The minimum atomic E-state index is 0.386. The quantitative estimate of drug-likeness (QED) is 0.507. The summed E-state index contributed by atoms with van der Waals surface area (Å²) >= 11 is 7.50. The highest BCUT2D eigenvalue weighted by Crippen LogP contribution is 2.38. The van der Waals surface area contributed by atoms with Crippen molar-refractivity contribution in [3.63, 3.8) is 0 Å². The molecule has 0 nitrogen and oxygen atoms in total. The monoisotopic (exact) mass is 382 g/mol. The Bertz CT molecular complexity index is 567. The van der Waals surface area contributed by atoms with E-state index in [1.165, 1.54) is 27.2 Å². The summed E-state index contributed by atoms with van der Waals surface area (Å²) in [4.78, 5) is 0.421. The van der Waals surface area contributed by atoms with Crippen molar-refractivity contribution in [3.8, 4) is 0 Å². The number of rotatable bonds is 3. The normalized spacial score (nSPS) is 13.7.